The Morgan fingerprint density at radius 2 is 1.86 bits per heavy atom. The number of hydrogen-bond donors (Lipinski definition) is 1. The summed E-state index contributed by atoms with van der Waals surface area (Å²) in [5.74, 6) is -0.333. The molecular weight excluding hydrogens is 386 g/mol. The Kier molecular flexibility index (Phi) is 5.06. The summed E-state index contributed by atoms with van der Waals surface area (Å²) in [5.41, 5.74) is 3.52. The van der Waals surface area contributed by atoms with Crippen LogP contribution in [0.2, 0.25) is 5.02 Å². The molecule has 0 bridgehead atoms. The van der Waals surface area contributed by atoms with Gasteiger partial charge in [0.05, 0.1) is 34.8 Å². The largest absolute Gasteiger partial charge is 0.322 e. The number of rotatable bonds is 4. The van der Waals surface area contributed by atoms with Crippen molar-refractivity contribution in [2.24, 2.45) is 0 Å². The van der Waals surface area contributed by atoms with Gasteiger partial charge < -0.3 is 5.32 Å². The third-order valence-electron chi connectivity index (χ3n) is 4.27. The molecule has 4 rings (SSSR count). The van der Waals surface area contributed by atoms with Crippen molar-refractivity contribution in [3.63, 3.8) is 0 Å². The van der Waals surface area contributed by atoms with Crippen LogP contribution in [0.1, 0.15) is 15.9 Å². The number of nitrogens with zero attached hydrogens (tertiary/aromatic N) is 4. The van der Waals surface area contributed by atoms with Gasteiger partial charge in [-0.05, 0) is 48.5 Å². The lowest BCUT2D eigenvalue weighted by Gasteiger charge is -2.11. The van der Waals surface area contributed by atoms with Gasteiger partial charge >= 0.3 is 0 Å². The van der Waals surface area contributed by atoms with Crippen LogP contribution in [-0.4, -0.2) is 20.7 Å². The molecule has 1 amide bonds. The van der Waals surface area contributed by atoms with Gasteiger partial charge in [-0.2, -0.15) is 10.4 Å². The quantitative estimate of drug-likeness (QED) is 0.538. The minimum Gasteiger partial charge on any atom is -0.322 e. The molecule has 2 heterocycles. The van der Waals surface area contributed by atoms with Gasteiger partial charge in [0, 0.05) is 28.7 Å². The van der Waals surface area contributed by atoms with Gasteiger partial charge in [-0.1, -0.05) is 23.7 Å². The van der Waals surface area contributed by atoms with Crippen LogP contribution in [-0.2, 0) is 0 Å². The number of carbonyl (C=O) groups is 1. The summed E-state index contributed by atoms with van der Waals surface area (Å²) >= 11 is 6.14. The predicted octanol–water partition coefficient (Wildman–Crippen LogP) is 4.71. The van der Waals surface area contributed by atoms with E-state index in [1.54, 1.807) is 53.5 Å². The lowest BCUT2D eigenvalue weighted by molar-refractivity contribution is 0.102. The molecule has 2 aromatic carbocycles. The fourth-order valence-electron chi connectivity index (χ4n) is 2.97. The second-order valence-corrected chi connectivity index (χ2v) is 6.62. The Bertz CT molecular complexity index is 1230. The van der Waals surface area contributed by atoms with Crippen LogP contribution in [0.15, 0.2) is 79.3 Å². The number of halogens is 1. The van der Waals surface area contributed by atoms with Gasteiger partial charge in [0.25, 0.3) is 5.91 Å². The molecule has 0 saturated heterocycles. The normalized spacial score (nSPS) is 10.3. The van der Waals surface area contributed by atoms with Crippen molar-refractivity contribution in [1.82, 2.24) is 14.8 Å². The molecular formula is C22H14ClN5O. The predicted molar refractivity (Wildman–Crippen MR) is 111 cm³/mol. The van der Waals surface area contributed by atoms with Crippen LogP contribution < -0.4 is 5.32 Å². The highest BCUT2D eigenvalue weighted by Crippen LogP contribution is 2.28. The molecule has 0 aliphatic rings. The summed E-state index contributed by atoms with van der Waals surface area (Å²) < 4.78 is 1.67. The summed E-state index contributed by atoms with van der Waals surface area (Å²) in [4.78, 5) is 17.1. The van der Waals surface area contributed by atoms with E-state index < -0.39 is 0 Å². The number of amides is 1. The summed E-state index contributed by atoms with van der Waals surface area (Å²) in [6.07, 6.45) is 4.82. The minimum absolute atomic E-state index is 0.333. The first-order valence-electron chi connectivity index (χ1n) is 8.71. The second-order valence-electron chi connectivity index (χ2n) is 6.18. The van der Waals surface area contributed by atoms with E-state index in [2.05, 4.69) is 21.5 Å². The van der Waals surface area contributed by atoms with E-state index in [1.165, 1.54) is 6.20 Å². The van der Waals surface area contributed by atoms with Crippen molar-refractivity contribution in [3.05, 3.63) is 95.4 Å². The van der Waals surface area contributed by atoms with E-state index in [4.69, 9.17) is 16.9 Å². The third kappa shape index (κ3) is 3.86. The third-order valence-corrected chi connectivity index (χ3v) is 4.51. The summed E-state index contributed by atoms with van der Waals surface area (Å²) in [6, 6.07) is 19.7. The number of benzene rings is 2. The van der Waals surface area contributed by atoms with Crippen molar-refractivity contribution in [3.8, 4) is 23.0 Å². The van der Waals surface area contributed by atoms with Gasteiger partial charge in [-0.25, -0.2) is 4.68 Å². The average molecular weight is 400 g/mol. The lowest BCUT2D eigenvalue weighted by Crippen LogP contribution is -2.13. The number of nitriles is 1. The van der Waals surface area contributed by atoms with Gasteiger partial charge in [-0.15, -0.1) is 0 Å². The van der Waals surface area contributed by atoms with Crippen LogP contribution >= 0.6 is 11.6 Å². The van der Waals surface area contributed by atoms with Gasteiger partial charge in [0.15, 0.2) is 0 Å². The van der Waals surface area contributed by atoms with Crippen molar-refractivity contribution in [1.29, 1.82) is 5.26 Å². The average Bonchev–Trinajstić information content (AvgIpc) is 3.20. The van der Waals surface area contributed by atoms with E-state index >= 15 is 0 Å². The molecule has 0 aliphatic carbocycles. The van der Waals surface area contributed by atoms with Crippen LogP contribution in [0.5, 0.6) is 0 Å². The molecule has 2 aromatic heterocycles. The Balaban J connectivity index is 1.79. The second kappa shape index (κ2) is 7.97. The van der Waals surface area contributed by atoms with E-state index in [0.717, 1.165) is 11.3 Å². The monoisotopic (exact) mass is 399 g/mol. The molecule has 0 saturated carbocycles. The number of carbonyl (C=O) groups excluding carboxylic acids is 1. The fourth-order valence-corrected chi connectivity index (χ4v) is 3.16. The Morgan fingerprint density at radius 3 is 2.62 bits per heavy atom. The van der Waals surface area contributed by atoms with E-state index in [0.29, 0.717) is 27.5 Å². The molecule has 0 spiro atoms. The zero-order valence-electron chi connectivity index (χ0n) is 15.1. The first kappa shape index (κ1) is 18.4. The number of anilines is 1. The van der Waals surface area contributed by atoms with Gasteiger partial charge in [0.2, 0.25) is 0 Å². The van der Waals surface area contributed by atoms with E-state index in [1.807, 2.05) is 24.3 Å². The SMILES string of the molecule is N#Cc1cccc(NC(=O)c2cnn(-c3cccc(Cl)c3)c2-c2ccncc2)c1. The standard InChI is InChI=1S/C22H14ClN5O/c23-17-4-2-6-19(12-17)28-21(16-7-9-25-10-8-16)20(14-26-28)22(29)27-18-5-1-3-15(11-18)13-24/h1-12,14H,(H,27,29). The van der Waals surface area contributed by atoms with Crippen molar-refractivity contribution in [2.45, 2.75) is 0 Å². The molecule has 0 aliphatic heterocycles. The summed E-state index contributed by atoms with van der Waals surface area (Å²) in [5, 5.41) is 16.9. The molecule has 6 nitrogen and oxygen atoms in total. The van der Waals surface area contributed by atoms with E-state index in [-0.39, 0.29) is 5.91 Å². The molecule has 0 unspecified atom stereocenters. The number of aromatic nitrogens is 3. The molecule has 0 radical (unpaired) electrons. The minimum atomic E-state index is -0.333. The molecule has 0 fully saturated rings. The van der Waals surface area contributed by atoms with Crippen molar-refractivity contribution >= 4 is 23.2 Å². The smallest absolute Gasteiger partial charge is 0.259 e. The molecule has 0 atom stereocenters. The molecule has 29 heavy (non-hydrogen) atoms. The van der Waals surface area contributed by atoms with Crippen molar-refractivity contribution < 1.29 is 4.79 Å². The molecule has 4 aromatic rings. The van der Waals surface area contributed by atoms with Crippen molar-refractivity contribution in [2.75, 3.05) is 5.32 Å². The maximum atomic E-state index is 13.0. The first-order valence-corrected chi connectivity index (χ1v) is 9.09. The van der Waals surface area contributed by atoms with Crippen LogP contribution in [0, 0.1) is 11.3 Å². The lowest BCUT2D eigenvalue weighted by atomic mass is 10.1. The zero-order valence-corrected chi connectivity index (χ0v) is 15.8. The van der Waals surface area contributed by atoms with Gasteiger partial charge in [0.1, 0.15) is 0 Å². The van der Waals surface area contributed by atoms with Crippen LogP contribution in [0.3, 0.4) is 0 Å². The highest BCUT2D eigenvalue weighted by atomic mass is 35.5. The van der Waals surface area contributed by atoms with Crippen LogP contribution in [0.25, 0.3) is 16.9 Å². The molecule has 140 valence electrons. The highest BCUT2D eigenvalue weighted by molar-refractivity contribution is 6.30. The maximum absolute atomic E-state index is 13.0. The van der Waals surface area contributed by atoms with E-state index in [9.17, 15) is 4.79 Å². The Labute approximate surface area is 172 Å². The fraction of sp³-hybridized carbons (Fsp3) is 0. The molecule has 7 heteroatoms. The topological polar surface area (TPSA) is 83.6 Å². The highest BCUT2D eigenvalue weighted by Gasteiger charge is 2.20. The first-order chi connectivity index (χ1) is 14.2. The molecule has 1 N–H and O–H groups in total. The van der Waals surface area contributed by atoms with Crippen LogP contribution in [0.4, 0.5) is 5.69 Å². The summed E-state index contributed by atoms with van der Waals surface area (Å²) in [6.45, 7) is 0. The number of hydrogen-bond acceptors (Lipinski definition) is 4. The number of nitrogens with one attached hydrogen (secondary N) is 1. The maximum Gasteiger partial charge on any atom is 0.259 e. The Hall–Kier alpha value is -3.95. The zero-order chi connectivity index (χ0) is 20.2. The summed E-state index contributed by atoms with van der Waals surface area (Å²) in [7, 11) is 0. The number of pyridine rings is 1. The van der Waals surface area contributed by atoms with Gasteiger partial charge in [-0.3, -0.25) is 9.78 Å². The Morgan fingerprint density at radius 1 is 1.07 bits per heavy atom.